The van der Waals surface area contributed by atoms with Crippen LogP contribution in [0.25, 0.3) is 0 Å². The van der Waals surface area contributed by atoms with Gasteiger partial charge in [-0.3, -0.25) is 9.00 Å². The third-order valence-electron chi connectivity index (χ3n) is 4.20. The lowest BCUT2D eigenvalue weighted by atomic mass is 9.85. The van der Waals surface area contributed by atoms with Crippen molar-refractivity contribution < 1.29 is 9.00 Å². The first-order valence-corrected chi connectivity index (χ1v) is 8.41. The smallest absolute Gasteiger partial charge is 0.136 e. The summed E-state index contributed by atoms with van der Waals surface area (Å²) >= 11 is 0. The Balaban J connectivity index is 1.88. The molecule has 2 aliphatic rings. The fourth-order valence-electron chi connectivity index (χ4n) is 3.20. The summed E-state index contributed by atoms with van der Waals surface area (Å²) in [5.41, 5.74) is 1.28. The van der Waals surface area contributed by atoms with Crippen molar-refractivity contribution in [3.05, 3.63) is 11.6 Å². The van der Waals surface area contributed by atoms with Crippen LogP contribution in [0.3, 0.4) is 0 Å². The topological polar surface area (TPSA) is 34.1 Å². The van der Waals surface area contributed by atoms with Gasteiger partial charge in [-0.2, -0.15) is 0 Å². The van der Waals surface area contributed by atoms with Crippen LogP contribution in [0.2, 0.25) is 0 Å². The fraction of sp³-hybridized carbons (Fsp3) is 0.800. The van der Waals surface area contributed by atoms with Crippen molar-refractivity contribution in [3.8, 4) is 0 Å². The molecule has 0 saturated carbocycles. The molecular formula is C15H24O2S. The molecule has 18 heavy (non-hydrogen) atoms. The molecule has 2 fully saturated rings. The van der Waals surface area contributed by atoms with Crippen molar-refractivity contribution >= 4 is 16.6 Å². The van der Waals surface area contributed by atoms with Crippen LogP contribution in [-0.4, -0.2) is 20.5 Å². The molecule has 2 atom stereocenters. The molecule has 0 aromatic carbocycles. The summed E-state index contributed by atoms with van der Waals surface area (Å²) in [7, 11) is -0.650. The number of fused-ring (bicyclic) bond motifs is 2. The lowest BCUT2D eigenvalue weighted by Gasteiger charge is -2.37. The van der Waals surface area contributed by atoms with Crippen molar-refractivity contribution in [2.45, 2.75) is 69.3 Å². The van der Waals surface area contributed by atoms with E-state index in [2.05, 4.69) is 19.9 Å². The maximum absolute atomic E-state index is 12.2. The van der Waals surface area contributed by atoms with Crippen LogP contribution in [0.5, 0.6) is 0 Å². The molecule has 0 spiro atoms. The highest BCUT2D eigenvalue weighted by molar-refractivity contribution is 7.86. The van der Waals surface area contributed by atoms with E-state index in [0.29, 0.717) is 22.7 Å². The predicted molar refractivity (Wildman–Crippen MR) is 76.0 cm³/mol. The van der Waals surface area contributed by atoms with Gasteiger partial charge in [0.25, 0.3) is 0 Å². The minimum absolute atomic E-state index is 0.198. The van der Waals surface area contributed by atoms with E-state index in [-0.39, 0.29) is 5.92 Å². The molecular weight excluding hydrogens is 244 g/mol. The monoisotopic (exact) mass is 268 g/mol. The van der Waals surface area contributed by atoms with Gasteiger partial charge in [0.15, 0.2) is 0 Å². The molecule has 102 valence electrons. The van der Waals surface area contributed by atoms with E-state index < -0.39 is 10.8 Å². The molecule has 2 rings (SSSR count). The highest BCUT2D eigenvalue weighted by atomic mass is 32.2. The zero-order valence-electron chi connectivity index (χ0n) is 11.5. The van der Waals surface area contributed by atoms with E-state index in [1.54, 1.807) is 0 Å². The summed E-state index contributed by atoms with van der Waals surface area (Å²) in [6, 6.07) is 0. The van der Waals surface area contributed by atoms with Crippen LogP contribution in [-0.2, 0) is 15.6 Å². The predicted octanol–water partition coefficient (Wildman–Crippen LogP) is 3.38. The second kappa shape index (κ2) is 6.14. The number of ketones is 1. The van der Waals surface area contributed by atoms with Crippen molar-refractivity contribution in [1.29, 1.82) is 0 Å². The second-order valence-corrected chi connectivity index (χ2v) is 7.95. The number of hydrogen-bond acceptors (Lipinski definition) is 2. The van der Waals surface area contributed by atoms with Gasteiger partial charge in [0.2, 0.25) is 0 Å². The summed E-state index contributed by atoms with van der Waals surface area (Å²) in [5.74, 6) is 0.602. The molecule has 2 unspecified atom stereocenters. The SMILES string of the molecule is CC(C)=CCCC(=O)C1CC2CCCC(C1)S2=O. The van der Waals surface area contributed by atoms with Crippen LogP contribution in [0.15, 0.2) is 11.6 Å². The molecule has 2 heterocycles. The van der Waals surface area contributed by atoms with Gasteiger partial charge in [0, 0.05) is 33.6 Å². The first kappa shape index (κ1) is 14.0. The van der Waals surface area contributed by atoms with E-state index in [1.807, 2.05) is 0 Å². The Morgan fingerprint density at radius 3 is 2.39 bits per heavy atom. The van der Waals surface area contributed by atoms with Crippen LogP contribution >= 0.6 is 0 Å². The number of allylic oxidation sites excluding steroid dienone is 2. The molecule has 2 bridgehead atoms. The van der Waals surface area contributed by atoms with E-state index in [0.717, 1.165) is 32.1 Å². The molecule has 0 radical (unpaired) electrons. The largest absolute Gasteiger partial charge is 0.299 e. The maximum atomic E-state index is 12.2. The van der Waals surface area contributed by atoms with Gasteiger partial charge in [-0.05, 0) is 46.0 Å². The normalized spacial score (nSPS) is 35.0. The number of carbonyl (C=O) groups excluding carboxylic acids is 1. The highest BCUT2D eigenvalue weighted by Crippen LogP contribution is 2.37. The standard InChI is InChI=1S/C15H24O2S/c1-11(2)5-3-8-15(16)12-9-13-6-4-7-14(10-12)18(13)17/h5,12-14H,3-4,6-10H2,1-2H3. The van der Waals surface area contributed by atoms with Crippen LogP contribution in [0.1, 0.15) is 58.8 Å². The average molecular weight is 268 g/mol. The Kier molecular flexibility index (Phi) is 4.77. The molecule has 2 aliphatic heterocycles. The van der Waals surface area contributed by atoms with Gasteiger partial charge < -0.3 is 0 Å². The Bertz CT molecular complexity index is 353. The summed E-state index contributed by atoms with van der Waals surface area (Å²) in [6.45, 7) is 4.14. The summed E-state index contributed by atoms with van der Waals surface area (Å²) in [5, 5.41) is 0.629. The number of carbonyl (C=O) groups is 1. The molecule has 0 aliphatic carbocycles. The summed E-state index contributed by atoms with van der Waals surface area (Å²) in [6.07, 6.45) is 8.80. The van der Waals surface area contributed by atoms with Crippen molar-refractivity contribution in [3.63, 3.8) is 0 Å². The van der Waals surface area contributed by atoms with Crippen molar-refractivity contribution in [1.82, 2.24) is 0 Å². The number of hydrogen-bond donors (Lipinski definition) is 0. The summed E-state index contributed by atoms with van der Waals surface area (Å²) in [4.78, 5) is 12.2. The quantitative estimate of drug-likeness (QED) is 0.732. The molecule has 0 aromatic heterocycles. The molecule has 2 nitrogen and oxygen atoms in total. The average Bonchev–Trinajstić information content (AvgIpc) is 2.27. The molecule has 2 saturated heterocycles. The van der Waals surface area contributed by atoms with Gasteiger partial charge in [0.1, 0.15) is 5.78 Å². The molecule has 3 heteroatoms. The zero-order valence-corrected chi connectivity index (χ0v) is 12.3. The van der Waals surface area contributed by atoms with Crippen molar-refractivity contribution in [2.24, 2.45) is 5.92 Å². The van der Waals surface area contributed by atoms with E-state index in [9.17, 15) is 9.00 Å². The number of Topliss-reactive ketones (excluding diaryl/α,β-unsaturated/α-hetero) is 1. The van der Waals surface area contributed by atoms with Gasteiger partial charge in [-0.1, -0.05) is 18.1 Å². The molecule has 0 N–H and O–H groups in total. The van der Waals surface area contributed by atoms with Gasteiger partial charge in [0.05, 0.1) is 0 Å². The van der Waals surface area contributed by atoms with Gasteiger partial charge >= 0.3 is 0 Å². The van der Waals surface area contributed by atoms with Crippen molar-refractivity contribution in [2.75, 3.05) is 0 Å². The zero-order chi connectivity index (χ0) is 13.1. The number of rotatable bonds is 4. The minimum atomic E-state index is -0.650. The third kappa shape index (κ3) is 3.31. The molecule has 0 amide bonds. The van der Waals surface area contributed by atoms with E-state index >= 15 is 0 Å². The highest BCUT2D eigenvalue weighted by Gasteiger charge is 2.39. The lowest BCUT2D eigenvalue weighted by Crippen LogP contribution is -2.41. The molecule has 0 aromatic rings. The Morgan fingerprint density at radius 2 is 1.83 bits per heavy atom. The second-order valence-electron chi connectivity index (χ2n) is 5.96. The Labute approximate surface area is 113 Å². The maximum Gasteiger partial charge on any atom is 0.136 e. The fourth-order valence-corrected chi connectivity index (χ4v) is 5.39. The lowest BCUT2D eigenvalue weighted by molar-refractivity contribution is -0.123. The first-order chi connectivity index (χ1) is 8.58. The first-order valence-electron chi connectivity index (χ1n) is 7.13. The van der Waals surface area contributed by atoms with Crippen LogP contribution in [0, 0.1) is 5.92 Å². The van der Waals surface area contributed by atoms with E-state index in [1.165, 1.54) is 12.0 Å². The Morgan fingerprint density at radius 1 is 1.22 bits per heavy atom. The van der Waals surface area contributed by atoms with Crippen LogP contribution in [0.4, 0.5) is 0 Å². The Hall–Kier alpha value is -0.440. The minimum Gasteiger partial charge on any atom is -0.299 e. The van der Waals surface area contributed by atoms with E-state index in [4.69, 9.17) is 0 Å². The third-order valence-corrected chi connectivity index (χ3v) is 6.37. The van der Waals surface area contributed by atoms with Crippen LogP contribution < -0.4 is 0 Å². The van der Waals surface area contributed by atoms with Gasteiger partial charge in [-0.15, -0.1) is 0 Å². The summed E-state index contributed by atoms with van der Waals surface area (Å²) < 4.78 is 12.1. The van der Waals surface area contributed by atoms with Gasteiger partial charge in [-0.25, -0.2) is 0 Å².